The van der Waals surface area contributed by atoms with Crippen LogP contribution in [0.25, 0.3) is 11.6 Å². The van der Waals surface area contributed by atoms with Crippen molar-refractivity contribution >= 4 is 23.3 Å². The Morgan fingerprint density at radius 1 is 1.32 bits per heavy atom. The summed E-state index contributed by atoms with van der Waals surface area (Å²) >= 11 is 0. The molecule has 4 nitrogen and oxygen atoms in total. The quantitative estimate of drug-likeness (QED) is 0.817. The Morgan fingerprint density at radius 2 is 2.00 bits per heavy atom. The lowest BCUT2D eigenvalue weighted by Gasteiger charge is -2.09. The van der Waals surface area contributed by atoms with Gasteiger partial charge in [0.05, 0.1) is 5.69 Å². The van der Waals surface area contributed by atoms with Gasteiger partial charge in [0.1, 0.15) is 5.75 Å². The van der Waals surface area contributed by atoms with Gasteiger partial charge in [0, 0.05) is 17.4 Å². The van der Waals surface area contributed by atoms with Crippen molar-refractivity contribution in [2.75, 3.05) is 5.32 Å². The predicted molar refractivity (Wildman–Crippen MR) is 78.2 cm³/mol. The van der Waals surface area contributed by atoms with Gasteiger partial charge < -0.3 is 10.4 Å². The molecule has 4 heteroatoms. The summed E-state index contributed by atoms with van der Waals surface area (Å²) in [4.78, 5) is 8.62. The minimum Gasteiger partial charge on any atom is -0.508 e. The lowest BCUT2D eigenvalue weighted by molar-refractivity contribution is 0.475. The average molecular weight is 253 g/mol. The summed E-state index contributed by atoms with van der Waals surface area (Å²) in [5.74, 6) is 0.699. The van der Waals surface area contributed by atoms with Crippen LogP contribution in [0.4, 0.5) is 11.6 Å². The fourth-order valence-corrected chi connectivity index (χ4v) is 1.62. The Kier molecular flexibility index (Phi) is 3.61. The first-order valence-corrected chi connectivity index (χ1v) is 5.81. The smallest absolute Gasteiger partial charge is 0.227 e. The van der Waals surface area contributed by atoms with E-state index < -0.39 is 0 Å². The number of phenolic OH excluding ortho intramolecular Hbond substituents is 1. The van der Waals surface area contributed by atoms with Gasteiger partial charge in [-0.15, -0.1) is 0 Å². The summed E-state index contributed by atoms with van der Waals surface area (Å²) in [5, 5.41) is 12.3. The van der Waals surface area contributed by atoms with Gasteiger partial charge in [-0.1, -0.05) is 19.2 Å². The van der Waals surface area contributed by atoms with Crippen LogP contribution in [0.5, 0.6) is 5.75 Å². The molecule has 0 unspecified atom stereocenters. The largest absolute Gasteiger partial charge is 0.508 e. The van der Waals surface area contributed by atoms with Gasteiger partial charge in [0.25, 0.3) is 0 Å². The molecular weight excluding hydrogens is 238 g/mol. The third-order valence-electron chi connectivity index (χ3n) is 2.56. The number of aromatic hydroxyl groups is 1. The zero-order valence-corrected chi connectivity index (χ0v) is 10.7. The molecular formula is C15H15N3O. The molecule has 0 saturated carbocycles. The number of nitrogens with one attached hydrogen (secondary N) is 1. The highest BCUT2D eigenvalue weighted by molar-refractivity contribution is 5.69. The minimum absolute atomic E-state index is 0.219. The number of hydrogen-bond donors (Lipinski definition) is 2. The van der Waals surface area contributed by atoms with E-state index in [-0.39, 0.29) is 5.75 Å². The number of phenols is 1. The summed E-state index contributed by atoms with van der Waals surface area (Å²) < 4.78 is 0. The van der Waals surface area contributed by atoms with E-state index in [9.17, 15) is 5.11 Å². The normalized spacial score (nSPS) is 9.95. The molecule has 0 atom stereocenters. The van der Waals surface area contributed by atoms with Crippen LogP contribution in [0.2, 0.25) is 0 Å². The molecule has 0 aliphatic carbocycles. The third kappa shape index (κ3) is 2.98. The number of allylic oxidation sites excluding steroid dienone is 1. The highest BCUT2D eigenvalue weighted by atomic mass is 16.3. The van der Waals surface area contributed by atoms with Crippen LogP contribution in [0.3, 0.4) is 0 Å². The maximum absolute atomic E-state index is 9.23. The zero-order valence-electron chi connectivity index (χ0n) is 10.7. The lowest BCUT2D eigenvalue weighted by Crippen LogP contribution is -2.01. The molecule has 0 aliphatic heterocycles. The fraction of sp³-hybridized carbons (Fsp3) is 0.0667. The summed E-state index contributed by atoms with van der Waals surface area (Å²) in [7, 11) is 0. The number of hydrogen-bond acceptors (Lipinski definition) is 4. The van der Waals surface area contributed by atoms with Crippen molar-refractivity contribution in [3.8, 4) is 5.75 Å². The van der Waals surface area contributed by atoms with E-state index in [1.165, 1.54) is 0 Å². The van der Waals surface area contributed by atoms with E-state index in [4.69, 9.17) is 0 Å². The summed E-state index contributed by atoms with van der Waals surface area (Å²) in [6.07, 6.45) is 3.40. The molecule has 1 heterocycles. The Bertz CT molecular complexity index is 618. The van der Waals surface area contributed by atoms with Crippen molar-refractivity contribution in [1.29, 1.82) is 0 Å². The molecule has 19 heavy (non-hydrogen) atoms. The van der Waals surface area contributed by atoms with Crippen molar-refractivity contribution in [1.82, 2.24) is 9.97 Å². The number of nitrogens with zero attached hydrogens (tertiary/aromatic N) is 2. The van der Waals surface area contributed by atoms with Crippen molar-refractivity contribution in [2.24, 2.45) is 0 Å². The maximum Gasteiger partial charge on any atom is 0.227 e. The summed E-state index contributed by atoms with van der Waals surface area (Å²) in [5.41, 5.74) is 3.28. The monoisotopic (exact) mass is 253 g/mol. The standard InChI is InChI=1S/C15H15N3O/c1-4-11-9-16-15(18-14(11)10(2)3)17-12-5-7-13(19)8-6-12/h4-9,19H,1-2H2,3H3,(H,16,17,18). The SMILES string of the molecule is C=Cc1cnc(Nc2ccc(O)cc2)nc1C(=C)C. The molecule has 2 N–H and O–H groups in total. The molecule has 1 aromatic carbocycles. The maximum atomic E-state index is 9.23. The highest BCUT2D eigenvalue weighted by Crippen LogP contribution is 2.20. The van der Waals surface area contributed by atoms with Crippen molar-refractivity contribution in [2.45, 2.75) is 6.92 Å². The molecule has 0 aliphatic rings. The van der Waals surface area contributed by atoms with Crippen LogP contribution in [0.1, 0.15) is 18.2 Å². The molecule has 0 bridgehead atoms. The van der Waals surface area contributed by atoms with Crippen LogP contribution < -0.4 is 5.32 Å². The minimum atomic E-state index is 0.219. The van der Waals surface area contributed by atoms with Gasteiger partial charge >= 0.3 is 0 Å². The number of anilines is 2. The van der Waals surface area contributed by atoms with E-state index in [2.05, 4.69) is 28.4 Å². The number of benzene rings is 1. The summed E-state index contributed by atoms with van der Waals surface area (Å²) in [6.45, 7) is 9.51. The first-order chi connectivity index (χ1) is 9.10. The lowest BCUT2D eigenvalue weighted by atomic mass is 10.1. The molecule has 96 valence electrons. The Labute approximate surface area is 112 Å². The Balaban J connectivity index is 2.31. The van der Waals surface area contributed by atoms with Crippen LogP contribution in [0, 0.1) is 0 Å². The summed E-state index contributed by atoms with van der Waals surface area (Å²) in [6, 6.07) is 6.70. The third-order valence-corrected chi connectivity index (χ3v) is 2.56. The number of aromatic nitrogens is 2. The molecule has 0 amide bonds. The second kappa shape index (κ2) is 5.35. The second-order valence-electron chi connectivity index (χ2n) is 4.15. The fourth-order valence-electron chi connectivity index (χ4n) is 1.62. The topological polar surface area (TPSA) is 58.0 Å². The molecule has 1 aromatic heterocycles. The van der Waals surface area contributed by atoms with Gasteiger partial charge in [-0.25, -0.2) is 9.97 Å². The van der Waals surface area contributed by atoms with E-state index in [1.807, 2.05) is 6.92 Å². The average Bonchev–Trinajstić information content (AvgIpc) is 2.41. The van der Waals surface area contributed by atoms with Gasteiger partial charge in [-0.2, -0.15) is 0 Å². The Morgan fingerprint density at radius 3 is 2.58 bits per heavy atom. The van der Waals surface area contributed by atoms with E-state index in [0.717, 1.165) is 22.5 Å². The molecule has 0 radical (unpaired) electrons. The van der Waals surface area contributed by atoms with Crippen molar-refractivity contribution < 1.29 is 5.11 Å². The second-order valence-corrected chi connectivity index (χ2v) is 4.15. The van der Waals surface area contributed by atoms with Crippen molar-refractivity contribution in [3.05, 3.63) is 54.9 Å². The zero-order chi connectivity index (χ0) is 13.8. The highest BCUT2D eigenvalue weighted by Gasteiger charge is 2.06. The van der Waals surface area contributed by atoms with Gasteiger partial charge in [0.15, 0.2) is 0 Å². The predicted octanol–water partition coefficient (Wildman–Crippen LogP) is 3.60. The molecule has 2 rings (SSSR count). The molecule has 2 aromatic rings. The van der Waals surface area contributed by atoms with E-state index >= 15 is 0 Å². The molecule has 0 fully saturated rings. The number of rotatable bonds is 4. The van der Waals surface area contributed by atoms with Crippen LogP contribution in [0.15, 0.2) is 43.6 Å². The van der Waals surface area contributed by atoms with Gasteiger partial charge in [0.2, 0.25) is 5.95 Å². The van der Waals surface area contributed by atoms with Crippen LogP contribution in [-0.2, 0) is 0 Å². The molecule has 0 saturated heterocycles. The van der Waals surface area contributed by atoms with E-state index in [0.29, 0.717) is 5.95 Å². The van der Waals surface area contributed by atoms with Crippen LogP contribution in [-0.4, -0.2) is 15.1 Å². The van der Waals surface area contributed by atoms with Crippen molar-refractivity contribution in [3.63, 3.8) is 0 Å². The Hall–Kier alpha value is -2.62. The van der Waals surface area contributed by atoms with Gasteiger partial charge in [-0.05, 0) is 36.8 Å². The van der Waals surface area contributed by atoms with Crippen LogP contribution >= 0.6 is 0 Å². The first-order valence-electron chi connectivity index (χ1n) is 5.81. The van der Waals surface area contributed by atoms with Gasteiger partial charge in [-0.3, -0.25) is 0 Å². The molecule has 0 spiro atoms. The first kappa shape index (κ1) is 12.8. The van der Waals surface area contributed by atoms with E-state index in [1.54, 1.807) is 36.5 Å².